The smallest absolute Gasteiger partial charge is 0.0897 e. The zero-order chi connectivity index (χ0) is 12.8. The molecule has 2 nitrogen and oxygen atoms in total. The Bertz CT molecular complexity index is 448. The van der Waals surface area contributed by atoms with Gasteiger partial charge in [0, 0.05) is 22.7 Å². The molecular weight excluding hydrogens is 260 g/mol. The largest absolute Gasteiger partial charge is 0.314 e. The van der Waals surface area contributed by atoms with Crippen LogP contribution in [0.2, 0.25) is 0 Å². The van der Waals surface area contributed by atoms with Crippen molar-refractivity contribution >= 4 is 22.7 Å². The summed E-state index contributed by atoms with van der Waals surface area (Å²) in [6.07, 6.45) is 3.40. The second-order valence-electron chi connectivity index (χ2n) is 4.43. The highest BCUT2D eigenvalue weighted by Gasteiger charge is 2.11. The molecule has 1 N–H and O–H groups in total. The molecule has 0 bridgehead atoms. The minimum Gasteiger partial charge on any atom is -0.314 e. The Morgan fingerprint density at radius 3 is 2.89 bits per heavy atom. The molecule has 1 atom stereocenters. The van der Waals surface area contributed by atoms with Crippen molar-refractivity contribution < 1.29 is 0 Å². The van der Waals surface area contributed by atoms with Gasteiger partial charge in [0.1, 0.15) is 0 Å². The van der Waals surface area contributed by atoms with E-state index < -0.39 is 0 Å². The summed E-state index contributed by atoms with van der Waals surface area (Å²) in [7, 11) is 0. The van der Waals surface area contributed by atoms with Gasteiger partial charge in [0.05, 0.1) is 10.7 Å². The molecule has 4 heteroatoms. The van der Waals surface area contributed by atoms with E-state index in [0.717, 1.165) is 13.0 Å². The van der Waals surface area contributed by atoms with E-state index in [9.17, 15) is 0 Å². The van der Waals surface area contributed by atoms with E-state index in [4.69, 9.17) is 0 Å². The van der Waals surface area contributed by atoms with Crippen LogP contribution < -0.4 is 5.32 Å². The molecule has 2 rings (SSSR count). The first-order valence-electron chi connectivity index (χ1n) is 6.44. The van der Waals surface area contributed by atoms with E-state index in [1.165, 1.54) is 28.4 Å². The highest BCUT2D eigenvalue weighted by Crippen LogP contribution is 2.15. The lowest BCUT2D eigenvalue weighted by atomic mass is 10.1. The molecule has 98 valence electrons. The summed E-state index contributed by atoms with van der Waals surface area (Å²) in [5.41, 5.74) is 1.23. The van der Waals surface area contributed by atoms with Crippen LogP contribution in [0.5, 0.6) is 0 Å². The third kappa shape index (κ3) is 4.19. The Morgan fingerprint density at radius 2 is 2.28 bits per heavy atom. The molecule has 0 radical (unpaired) electrons. The van der Waals surface area contributed by atoms with Crippen LogP contribution in [0.4, 0.5) is 0 Å². The Balaban J connectivity index is 1.87. The molecule has 0 aliphatic rings. The molecule has 0 saturated heterocycles. The fourth-order valence-electron chi connectivity index (χ4n) is 2.09. The van der Waals surface area contributed by atoms with Crippen LogP contribution in [0.25, 0.3) is 0 Å². The molecule has 1 unspecified atom stereocenters. The fraction of sp³-hybridized carbons (Fsp3) is 0.500. The lowest BCUT2D eigenvalue weighted by molar-refractivity contribution is 0.489. The van der Waals surface area contributed by atoms with Crippen LogP contribution in [0.3, 0.4) is 0 Å². The lowest BCUT2D eigenvalue weighted by Gasteiger charge is -2.16. The molecule has 0 aliphatic heterocycles. The van der Waals surface area contributed by atoms with E-state index >= 15 is 0 Å². The number of rotatable bonds is 7. The Morgan fingerprint density at radius 1 is 1.39 bits per heavy atom. The summed E-state index contributed by atoms with van der Waals surface area (Å²) < 4.78 is 0. The van der Waals surface area contributed by atoms with Crippen LogP contribution >= 0.6 is 22.7 Å². The second kappa shape index (κ2) is 7.02. The number of nitrogens with one attached hydrogen (secondary N) is 1. The van der Waals surface area contributed by atoms with Gasteiger partial charge in [-0.05, 0) is 37.8 Å². The van der Waals surface area contributed by atoms with Gasteiger partial charge in [-0.15, -0.1) is 22.7 Å². The monoisotopic (exact) mass is 280 g/mol. The quantitative estimate of drug-likeness (QED) is 0.837. The Kier molecular flexibility index (Phi) is 5.35. The lowest BCUT2D eigenvalue weighted by Crippen LogP contribution is -2.31. The minimum absolute atomic E-state index is 0.540. The third-order valence-electron chi connectivity index (χ3n) is 2.93. The summed E-state index contributed by atoms with van der Waals surface area (Å²) >= 11 is 3.60. The zero-order valence-electron chi connectivity index (χ0n) is 11.0. The van der Waals surface area contributed by atoms with E-state index in [1.807, 2.05) is 11.3 Å². The first-order chi connectivity index (χ1) is 8.78. The van der Waals surface area contributed by atoms with Crippen LogP contribution in [0.15, 0.2) is 22.9 Å². The molecule has 2 heterocycles. The third-order valence-corrected chi connectivity index (χ3v) is 4.69. The predicted molar refractivity (Wildman–Crippen MR) is 80.7 cm³/mol. The van der Waals surface area contributed by atoms with Gasteiger partial charge in [-0.1, -0.05) is 13.0 Å². The number of hydrogen-bond acceptors (Lipinski definition) is 4. The number of thiophene rings is 1. The Labute approximate surface area is 117 Å². The number of likely N-dealkylation sites (N-methyl/N-ethyl adjacent to an activating group) is 1. The molecule has 0 amide bonds. The summed E-state index contributed by atoms with van der Waals surface area (Å²) in [6, 6.07) is 4.89. The number of aromatic nitrogens is 1. The van der Waals surface area contributed by atoms with Gasteiger partial charge in [0.25, 0.3) is 0 Å². The molecular formula is C14H20N2S2. The molecule has 0 fully saturated rings. The van der Waals surface area contributed by atoms with Crippen LogP contribution in [-0.2, 0) is 12.8 Å². The average Bonchev–Trinajstić information content (AvgIpc) is 2.98. The maximum absolute atomic E-state index is 4.56. The van der Waals surface area contributed by atoms with Gasteiger partial charge >= 0.3 is 0 Å². The molecule has 0 saturated carbocycles. The standard InChI is InChI=1S/C14H20N2S2/c1-3-15-12(6-7-14-5-4-8-17-14)9-13-10-18-11(2)16-13/h4-5,8,10,12,15H,3,6-7,9H2,1-2H3. The average molecular weight is 280 g/mol. The van der Waals surface area contributed by atoms with E-state index in [0.29, 0.717) is 6.04 Å². The van der Waals surface area contributed by atoms with Gasteiger partial charge < -0.3 is 5.32 Å². The van der Waals surface area contributed by atoms with Crippen molar-refractivity contribution in [3.63, 3.8) is 0 Å². The number of thiazole rings is 1. The van der Waals surface area contributed by atoms with Crippen LogP contribution in [-0.4, -0.2) is 17.6 Å². The first-order valence-corrected chi connectivity index (χ1v) is 8.20. The molecule has 2 aromatic heterocycles. The van der Waals surface area contributed by atoms with E-state index in [-0.39, 0.29) is 0 Å². The van der Waals surface area contributed by atoms with Gasteiger partial charge in [0.2, 0.25) is 0 Å². The van der Waals surface area contributed by atoms with Crippen molar-refractivity contribution in [1.82, 2.24) is 10.3 Å². The van der Waals surface area contributed by atoms with E-state index in [1.54, 1.807) is 11.3 Å². The minimum atomic E-state index is 0.540. The van der Waals surface area contributed by atoms with Gasteiger partial charge in [-0.2, -0.15) is 0 Å². The van der Waals surface area contributed by atoms with Crippen LogP contribution in [0, 0.1) is 6.92 Å². The molecule has 0 aliphatic carbocycles. The summed E-state index contributed by atoms with van der Waals surface area (Å²) in [4.78, 5) is 6.04. The van der Waals surface area contributed by atoms with Crippen molar-refractivity contribution in [3.8, 4) is 0 Å². The van der Waals surface area contributed by atoms with Crippen molar-refractivity contribution in [3.05, 3.63) is 38.5 Å². The molecule has 0 spiro atoms. The Hall–Kier alpha value is -0.710. The van der Waals surface area contributed by atoms with Crippen molar-refractivity contribution in [2.75, 3.05) is 6.54 Å². The number of nitrogens with zero attached hydrogens (tertiary/aromatic N) is 1. The second-order valence-corrected chi connectivity index (χ2v) is 6.53. The highest BCUT2D eigenvalue weighted by atomic mass is 32.1. The van der Waals surface area contributed by atoms with Gasteiger partial charge in [0.15, 0.2) is 0 Å². The molecule has 0 aromatic carbocycles. The van der Waals surface area contributed by atoms with Crippen molar-refractivity contribution in [2.24, 2.45) is 0 Å². The normalized spacial score (nSPS) is 12.8. The predicted octanol–water partition coefficient (Wildman–Crippen LogP) is 3.67. The van der Waals surface area contributed by atoms with E-state index in [2.05, 4.69) is 47.0 Å². The maximum atomic E-state index is 4.56. The topological polar surface area (TPSA) is 24.9 Å². The van der Waals surface area contributed by atoms with Crippen LogP contribution in [0.1, 0.15) is 28.9 Å². The summed E-state index contributed by atoms with van der Waals surface area (Å²) in [6.45, 7) is 5.27. The SMILES string of the molecule is CCNC(CCc1cccs1)Cc1csc(C)n1. The first kappa shape index (κ1) is 13.7. The van der Waals surface area contributed by atoms with Crippen molar-refractivity contribution in [2.45, 2.75) is 39.2 Å². The number of aryl methyl sites for hydroxylation is 2. The van der Waals surface area contributed by atoms with Gasteiger partial charge in [-0.3, -0.25) is 0 Å². The van der Waals surface area contributed by atoms with Gasteiger partial charge in [-0.25, -0.2) is 4.98 Å². The molecule has 2 aromatic rings. The number of hydrogen-bond donors (Lipinski definition) is 1. The summed E-state index contributed by atoms with van der Waals surface area (Å²) in [5, 5.41) is 9.08. The fourth-order valence-corrected chi connectivity index (χ4v) is 3.44. The highest BCUT2D eigenvalue weighted by molar-refractivity contribution is 7.10. The summed E-state index contributed by atoms with van der Waals surface area (Å²) in [5.74, 6) is 0. The molecule has 18 heavy (non-hydrogen) atoms. The zero-order valence-corrected chi connectivity index (χ0v) is 12.6. The maximum Gasteiger partial charge on any atom is 0.0897 e. The van der Waals surface area contributed by atoms with Crippen molar-refractivity contribution in [1.29, 1.82) is 0 Å².